The van der Waals surface area contributed by atoms with E-state index in [1.807, 2.05) is 6.92 Å². The first-order valence-electron chi connectivity index (χ1n) is 6.70. The molecule has 0 bridgehead atoms. The summed E-state index contributed by atoms with van der Waals surface area (Å²) in [7, 11) is 0. The van der Waals surface area contributed by atoms with Gasteiger partial charge in [0.25, 0.3) is 5.56 Å². The van der Waals surface area contributed by atoms with Gasteiger partial charge in [0, 0.05) is 12.5 Å². The molecule has 112 valence electrons. The largest absolute Gasteiger partial charge is 0.421 e. The molecule has 1 aliphatic rings. The van der Waals surface area contributed by atoms with Gasteiger partial charge in [-0.25, -0.2) is 4.68 Å². The minimum Gasteiger partial charge on any atom is -0.267 e. The lowest BCUT2D eigenvalue weighted by Crippen LogP contribution is -2.31. The van der Waals surface area contributed by atoms with Gasteiger partial charge in [-0.2, -0.15) is 30.0 Å². The van der Waals surface area contributed by atoms with E-state index in [1.54, 1.807) is 11.8 Å². The average molecular weight is 306 g/mol. The number of halogens is 3. The molecule has 1 saturated carbocycles. The second-order valence-corrected chi connectivity index (χ2v) is 6.23. The molecule has 0 radical (unpaired) electrons. The van der Waals surface area contributed by atoms with Crippen molar-refractivity contribution in [2.75, 3.05) is 11.5 Å². The summed E-state index contributed by atoms with van der Waals surface area (Å²) < 4.78 is 39.7. The zero-order chi connectivity index (χ0) is 14.8. The van der Waals surface area contributed by atoms with Gasteiger partial charge in [-0.3, -0.25) is 4.79 Å². The van der Waals surface area contributed by atoms with Gasteiger partial charge in [-0.1, -0.05) is 6.92 Å². The van der Waals surface area contributed by atoms with E-state index < -0.39 is 17.3 Å². The van der Waals surface area contributed by atoms with Crippen LogP contribution < -0.4 is 5.56 Å². The first-order valence-corrected chi connectivity index (χ1v) is 7.86. The SMILES string of the molecule is CCSCCCn1nc(C2CC2)cc(C(F)(F)F)c1=O. The van der Waals surface area contributed by atoms with E-state index in [4.69, 9.17) is 0 Å². The van der Waals surface area contributed by atoms with Crippen molar-refractivity contribution in [1.29, 1.82) is 0 Å². The molecule has 0 aliphatic heterocycles. The summed E-state index contributed by atoms with van der Waals surface area (Å²) in [6.45, 7) is 2.26. The van der Waals surface area contributed by atoms with Crippen LogP contribution in [0.5, 0.6) is 0 Å². The van der Waals surface area contributed by atoms with Crippen molar-refractivity contribution in [1.82, 2.24) is 9.78 Å². The van der Waals surface area contributed by atoms with Crippen LogP contribution in [-0.2, 0) is 12.7 Å². The van der Waals surface area contributed by atoms with Crippen LogP contribution in [0.25, 0.3) is 0 Å². The predicted octanol–water partition coefficient (Wildman–Crippen LogP) is 3.28. The van der Waals surface area contributed by atoms with E-state index in [1.165, 1.54) is 0 Å². The average Bonchev–Trinajstić information content (AvgIpc) is 3.19. The Morgan fingerprint density at radius 3 is 2.70 bits per heavy atom. The third kappa shape index (κ3) is 3.77. The minimum atomic E-state index is -4.61. The van der Waals surface area contributed by atoms with Crippen molar-refractivity contribution >= 4 is 11.8 Å². The Kier molecular flexibility index (Phi) is 4.78. The van der Waals surface area contributed by atoms with Crippen molar-refractivity contribution in [3.8, 4) is 0 Å². The fourth-order valence-corrected chi connectivity index (χ4v) is 2.58. The van der Waals surface area contributed by atoms with E-state index in [2.05, 4.69) is 5.10 Å². The van der Waals surface area contributed by atoms with Gasteiger partial charge in [0.1, 0.15) is 5.56 Å². The topological polar surface area (TPSA) is 34.9 Å². The molecule has 0 atom stereocenters. The zero-order valence-corrected chi connectivity index (χ0v) is 12.1. The fourth-order valence-electron chi connectivity index (χ4n) is 1.96. The maximum atomic E-state index is 12.9. The molecule has 0 unspecified atom stereocenters. The number of alkyl halides is 3. The van der Waals surface area contributed by atoms with Crippen molar-refractivity contribution in [2.24, 2.45) is 0 Å². The summed E-state index contributed by atoms with van der Waals surface area (Å²) in [4.78, 5) is 11.8. The molecule has 0 amide bonds. The number of aryl methyl sites for hydroxylation is 1. The van der Waals surface area contributed by atoms with Crippen LogP contribution in [0.1, 0.15) is 43.4 Å². The summed E-state index contributed by atoms with van der Waals surface area (Å²) in [5, 5.41) is 4.10. The molecule has 0 saturated heterocycles. The smallest absolute Gasteiger partial charge is 0.267 e. The standard InChI is InChI=1S/C13H17F3N2OS/c1-2-20-7-3-6-18-12(19)10(13(14,15)16)8-11(17-18)9-4-5-9/h8-9H,2-7H2,1H3. The summed E-state index contributed by atoms with van der Waals surface area (Å²) >= 11 is 1.70. The molecule has 0 spiro atoms. The molecule has 1 fully saturated rings. The molecule has 2 rings (SSSR count). The van der Waals surface area contributed by atoms with Crippen LogP contribution in [0.15, 0.2) is 10.9 Å². The van der Waals surface area contributed by atoms with Gasteiger partial charge in [0.2, 0.25) is 0 Å². The lowest BCUT2D eigenvalue weighted by Gasteiger charge is -2.12. The minimum absolute atomic E-state index is 0.0907. The normalized spacial score (nSPS) is 15.6. The number of aromatic nitrogens is 2. The fraction of sp³-hybridized carbons (Fsp3) is 0.692. The molecule has 1 heterocycles. The highest BCUT2D eigenvalue weighted by Gasteiger charge is 2.37. The Bertz CT molecular complexity index is 523. The highest BCUT2D eigenvalue weighted by molar-refractivity contribution is 7.99. The van der Waals surface area contributed by atoms with E-state index in [0.717, 1.165) is 35.1 Å². The highest BCUT2D eigenvalue weighted by atomic mass is 32.2. The molecular weight excluding hydrogens is 289 g/mol. The third-order valence-corrected chi connectivity index (χ3v) is 4.14. The third-order valence-electron chi connectivity index (χ3n) is 3.16. The van der Waals surface area contributed by atoms with E-state index in [-0.39, 0.29) is 12.5 Å². The lowest BCUT2D eigenvalue weighted by atomic mass is 10.2. The molecule has 0 aromatic carbocycles. The van der Waals surface area contributed by atoms with Crippen molar-refractivity contribution in [3.63, 3.8) is 0 Å². The van der Waals surface area contributed by atoms with Crippen LogP contribution in [0.2, 0.25) is 0 Å². The van der Waals surface area contributed by atoms with Crippen LogP contribution >= 0.6 is 11.8 Å². The molecule has 1 aliphatic carbocycles. The molecular formula is C13H17F3N2OS. The second kappa shape index (κ2) is 6.20. The van der Waals surface area contributed by atoms with Gasteiger partial charge in [0.15, 0.2) is 0 Å². The quantitative estimate of drug-likeness (QED) is 0.757. The van der Waals surface area contributed by atoms with Gasteiger partial charge >= 0.3 is 6.18 Å². The maximum Gasteiger partial charge on any atom is 0.421 e. The molecule has 20 heavy (non-hydrogen) atoms. The zero-order valence-electron chi connectivity index (χ0n) is 11.2. The first-order chi connectivity index (χ1) is 9.43. The number of nitrogens with zero attached hydrogens (tertiary/aromatic N) is 2. The maximum absolute atomic E-state index is 12.9. The molecule has 1 aromatic heterocycles. The summed E-state index contributed by atoms with van der Waals surface area (Å²) in [6, 6.07) is 0.928. The van der Waals surface area contributed by atoms with Crippen molar-refractivity contribution < 1.29 is 13.2 Å². The number of thioether (sulfide) groups is 1. The van der Waals surface area contributed by atoms with Crippen LogP contribution in [0.4, 0.5) is 13.2 Å². The molecule has 0 N–H and O–H groups in total. The Morgan fingerprint density at radius 2 is 2.15 bits per heavy atom. The Labute approximate surface area is 119 Å². The number of hydrogen-bond acceptors (Lipinski definition) is 3. The van der Waals surface area contributed by atoms with Crippen LogP contribution in [-0.4, -0.2) is 21.3 Å². The first kappa shape index (κ1) is 15.4. The number of hydrogen-bond donors (Lipinski definition) is 0. The van der Waals surface area contributed by atoms with Crippen molar-refractivity contribution in [3.05, 3.63) is 27.7 Å². The molecule has 7 heteroatoms. The van der Waals surface area contributed by atoms with E-state index in [9.17, 15) is 18.0 Å². The summed E-state index contributed by atoms with van der Waals surface area (Å²) in [5.74, 6) is 1.87. The van der Waals surface area contributed by atoms with Gasteiger partial charge < -0.3 is 0 Å². The van der Waals surface area contributed by atoms with E-state index >= 15 is 0 Å². The lowest BCUT2D eigenvalue weighted by molar-refractivity contribution is -0.139. The highest BCUT2D eigenvalue weighted by Crippen LogP contribution is 2.40. The Hall–Kier alpha value is -0.980. The number of rotatable bonds is 6. The predicted molar refractivity (Wildman–Crippen MR) is 73.1 cm³/mol. The Balaban J connectivity index is 2.25. The summed E-state index contributed by atoms with van der Waals surface area (Å²) in [6.07, 6.45) is -2.25. The second-order valence-electron chi connectivity index (χ2n) is 4.83. The van der Waals surface area contributed by atoms with Gasteiger partial charge in [0.05, 0.1) is 5.69 Å². The Morgan fingerprint density at radius 1 is 1.45 bits per heavy atom. The molecule has 3 nitrogen and oxygen atoms in total. The van der Waals surface area contributed by atoms with Crippen molar-refractivity contribution in [2.45, 2.75) is 44.8 Å². The monoisotopic (exact) mass is 306 g/mol. The molecule has 1 aromatic rings. The van der Waals surface area contributed by atoms with E-state index in [0.29, 0.717) is 12.1 Å². The van der Waals surface area contributed by atoms with Gasteiger partial charge in [-0.15, -0.1) is 0 Å². The van der Waals surface area contributed by atoms with Crippen LogP contribution in [0.3, 0.4) is 0 Å². The van der Waals surface area contributed by atoms with Gasteiger partial charge in [-0.05, 0) is 36.8 Å². The van der Waals surface area contributed by atoms with Crippen LogP contribution in [0, 0.1) is 0 Å². The summed E-state index contributed by atoms with van der Waals surface area (Å²) in [5.41, 5.74) is -1.71.